The molecule has 5 nitrogen and oxygen atoms in total. The van der Waals surface area contributed by atoms with Gasteiger partial charge in [0, 0.05) is 11.6 Å². The number of nitrogens with two attached hydrogens (primary N) is 1. The number of hydrogen-bond donors (Lipinski definition) is 2. The molecule has 0 aromatic heterocycles. The minimum Gasteiger partial charge on any atom is -0.491 e. The molecular weight excluding hydrogens is 266 g/mol. The molecule has 0 aliphatic heterocycles. The lowest BCUT2D eigenvalue weighted by molar-refractivity contribution is 0.222. The fourth-order valence-electron chi connectivity index (χ4n) is 1.71. The average Bonchev–Trinajstić information content (AvgIpc) is 2.43. The summed E-state index contributed by atoms with van der Waals surface area (Å²) in [5.41, 5.74) is 6.13. The largest absolute Gasteiger partial charge is 0.491 e. The smallest absolute Gasteiger partial charge is 0.173 e. The Bertz CT molecular complexity index is 434. The van der Waals surface area contributed by atoms with Crippen molar-refractivity contribution < 1.29 is 9.94 Å². The first kappa shape index (κ1) is 15.6. The summed E-state index contributed by atoms with van der Waals surface area (Å²) in [7, 11) is 0. The Hall–Kier alpha value is -1.46. The molecule has 0 amide bonds. The topological polar surface area (TPSA) is 71.1 Å². The van der Waals surface area contributed by atoms with Crippen LogP contribution in [-0.2, 0) is 0 Å². The lowest BCUT2D eigenvalue weighted by Crippen LogP contribution is -2.28. The van der Waals surface area contributed by atoms with Crippen LogP contribution in [0.2, 0.25) is 5.02 Å². The molecule has 0 unspecified atom stereocenters. The molecular formula is C13H20ClN3O2. The third-order valence-electron chi connectivity index (χ3n) is 2.89. The average molecular weight is 286 g/mol. The van der Waals surface area contributed by atoms with Crippen molar-refractivity contribution in [1.29, 1.82) is 0 Å². The highest BCUT2D eigenvalue weighted by atomic mass is 35.5. The van der Waals surface area contributed by atoms with Gasteiger partial charge in [-0.1, -0.05) is 30.6 Å². The molecule has 0 saturated carbocycles. The van der Waals surface area contributed by atoms with Crippen molar-refractivity contribution in [3.05, 3.63) is 28.8 Å². The molecule has 3 N–H and O–H groups in total. The second-order valence-electron chi connectivity index (χ2n) is 4.00. The molecule has 0 radical (unpaired) electrons. The summed E-state index contributed by atoms with van der Waals surface area (Å²) in [6, 6.07) is 5.01. The maximum Gasteiger partial charge on any atom is 0.173 e. The molecule has 0 saturated heterocycles. The van der Waals surface area contributed by atoms with E-state index in [-0.39, 0.29) is 5.84 Å². The summed E-state index contributed by atoms with van der Waals surface area (Å²) in [5.74, 6) is 0.532. The molecule has 1 aromatic carbocycles. The minimum absolute atomic E-state index is 0.00880. The van der Waals surface area contributed by atoms with Gasteiger partial charge in [0.1, 0.15) is 12.4 Å². The zero-order chi connectivity index (χ0) is 14.3. The molecule has 0 atom stereocenters. The zero-order valence-corrected chi connectivity index (χ0v) is 12.0. The Kier molecular flexibility index (Phi) is 6.45. The van der Waals surface area contributed by atoms with Crippen LogP contribution in [0.15, 0.2) is 23.4 Å². The first-order valence-corrected chi connectivity index (χ1v) is 6.62. The normalized spacial score (nSPS) is 11.9. The molecule has 0 fully saturated rings. The highest BCUT2D eigenvalue weighted by molar-refractivity contribution is 6.30. The van der Waals surface area contributed by atoms with Gasteiger partial charge in [-0.15, -0.1) is 0 Å². The Labute approximate surface area is 118 Å². The quantitative estimate of drug-likeness (QED) is 0.348. The van der Waals surface area contributed by atoms with Gasteiger partial charge in [0.2, 0.25) is 0 Å². The van der Waals surface area contributed by atoms with Crippen LogP contribution in [-0.4, -0.2) is 42.2 Å². The van der Waals surface area contributed by atoms with Gasteiger partial charge in [0.15, 0.2) is 5.84 Å². The standard InChI is InChI=1S/C13H20ClN3O2/c1-3-17(4-2)7-8-19-12-9-10(14)5-6-11(12)13(15)16-18/h5-6,9,18H,3-4,7-8H2,1-2H3,(H2,15,16). The third-order valence-corrected chi connectivity index (χ3v) is 3.12. The number of benzene rings is 1. The first-order chi connectivity index (χ1) is 9.12. The molecule has 0 heterocycles. The van der Waals surface area contributed by atoms with Crippen LogP contribution in [0, 0.1) is 0 Å². The first-order valence-electron chi connectivity index (χ1n) is 6.24. The van der Waals surface area contributed by atoms with E-state index in [0.29, 0.717) is 22.9 Å². The van der Waals surface area contributed by atoms with E-state index in [1.807, 2.05) is 0 Å². The van der Waals surface area contributed by atoms with E-state index in [9.17, 15) is 0 Å². The summed E-state index contributed by atoms with van der Waals surface area (Å²) in [6.45, 7) is 7.49. The van der Waals surface area contributed by atoms with E-state index < -0.39 is 0 Å². The molecule has 19 heavy (non-hydrogen) atoms. The van der Waals surface area contributed by atoms with Gasteiger partial charge < -0.3 is 20.6 Å². The number of ether oxygens (including phenoxy) is 1. The Morgan fingerprint density at radius 2 is 2.11 bits per heavy atom. The molecule has 1 rings (SSSR count). The highest BCUT2D eigenvalue weighted by Crippen LogP contribution is 2.23. The van der Waals surface area contributed by atoms with E-state index in [0.717, 1.165) is 19.6 Å². The van der Waals surface area contributed by atoms with Gasteiger partial charge in [-0.25, -0.2) is 0 Å². The van der Waals surface area contributed by atoms with Crippen molar-refractivity contribution in [2.45, 2.75) is 13.8 Å². The van der Waals surface area contributed by atoms with Gasteiger partial charge >= 0.3 is 0 Å². The lowest BCUT2D eigenvalue weighted by atomic mass is 10.2. The molecule has 0 bridgehead atoms. The van der Waals surface area contributed by atoms with Gasteiger partial charge in [-0.05, 0) is 31.3 Å². The SMILES string of the molecule is CCN(CC)CCOc1cc(Cl)ccc1C(N)=NO. The summed E-state index contributed by atoms with van der Waals surface area (Å²) in [4.78, 5) is 2.24. The number of amidine groups is 1. The number of likely N-dealkylation sites (N-methyl/N-ethyl adjacent to an activating group) is 1. The fourth-order valence-corrected chi connectivity index (χ4v) is 1.87. The zero-order valence-electron chi connectivity index (χ0n) is 11.3. The van der Waals surface area contributed by atoms with Crippen LogP contribution in [0.5, 0.6) is 5.75 Å². The predicted molar refractivity (Wildman–Crippen MR) is 77.2 cm³/mol. The van der Waals surface area contributed by atoms with Crippen LogP contribution in [0.1, 0.15) is 19.4 Å². The van der Waals surface area contributed by atoms with Crippen molar-refractivity contribution in [2.24, 2.45) is 10.9 Å². The molecule has 0 aliphatic carbocycles. The van der Waals surface area contributed by atoms with Crippen LogP contribution < -0.4 is 10.5 Å². The Morgan fingerprint density at radius 3 is 2.68 bits per heavy atom. The van der Waals surface area contributed by atoms with Crippen molar-refractivity contribution in [2.75, 3.05) is 26.2 Å². The molecule has 106 valence electrons. The third kappa shape index (κ3) is 4.61. The Balaban J connectivity index is 2.74. The van der Waals surface area contributed by atoms with Crippen LogP contribution in [0.25, 0.3) is 0 Å². The van der Waals surface area contributed by atoms with Crippen LogP contribution in [0.3, 0.4) is 0 Å². The summed E-state index contributed by atoms with van der Waals surface area (Å²) in [6.07, 6.45) is 0. The number of oxime groups is 1. The number of nitrogens with zero attached hydrogens (tertiary/aromatic N) is 2. The minimum atomic E-state index is 0.00880. The molecule has 0 spiro atoms. The van der Waals surface area contributed by atoms with E-state index in [2.05, 4.69) is 23.9 Å². The predicted octanol–water partition coefficient (Wildman–Crippen LogP) is 2.16. The summed E-state index contributed by atoms with van der Waals surface area (Å²) < 4.78 is 5.68. The molecule has 6 heteroatoms. The van der Waals surface area contributed by atoms with E-state index in [1.165, 1.54) is 0 Å². The maximum absolute atomic E-state index is 8.74. The maximum atomic E-state index is 8.74. The van der Waals surface area contributed by atoms with Gasteiger partial charge in [-0.3, -0.25) is 0 Å². The molecule has 0 aliphatic rings. The summed E-state index contributed by atoms with van der Waals surface area (Å²) in [5, 5.41) is 12.3. The van der Waals surface area contributed by atoms with Crippen molar-refractivity contribution in [3.63, 3.8) is 0 Å². The van der Waals surface area contributed by atoms with E-state index in [4.69, 9.17) is 27.3 Å². The van der Waals surface area contributed by atoms with Crippen molar-refractivity contribution >= 4 is 17.4 Å². The summed E-state index contributed by atoms with van der Waals surface area (Å²) >= 11 is 5.93. The second kappa shape index (κ2) is 7.86. The second-order valence-corrected chi connectivity index (χ2v) is 4.44. The van der Waals surface area contributed by atoms with Gasteiger partial charge in [-0.2, -0.15) is 0 Å². The Morgan fingerprint density at radius 1 is 1.42 bits per heavy atom. The van der Waals surface area contributed by atoms with Gasteiger partial charge in [0.25, 0.3) is 0 Å². The lowest BCUT2D eigenvalue weighted by Gasteiger charge is -2.18. The monoisotopic (exact) mass is 285 g/mol. The van der Waals surface area contributed by atoms with Gasteiger partial charge in [0.05, 0.1) is 5.56 Å². The van der Waals surface area contributed by atoms with E-state index in [1.54, 1.807) is 18.2 Å². The highest BCUT2D eigenvalue weighted by Gasteiger charge is 2.09. The number of halogens is 1. The number of rotatable bonds is 7. The van der Waals surface area contributed by atoms with Crippen molar-refractivity contribution in [3.8, 4) is 5.75 Å². The van der Waals surface area contributed by atoms with Crippen LogP contribution in [0.4, 0.5) is 0 Å². The van der Waals surface area contributed by atoms with E-state index >= 15 is 0 Å². The fraction of sp³-hybridized carbons (Fsp3) is 0.462. The van der Waals surface area contributed by atoms with Crippen LogP contribution >= 0.6 is 11.6 Å². The number of hydrogen-bond acceptors (Lipinski definition) is 4. The van der Waals surface area contributed by atoms with Crippen molar-refractivity contribution in [1.82, 2.24) is 4.90 Å². The molecule has 1 aromatic rings.